The summed E-state index contributed by atoms with van der Waals surface area (Å²) >= 11 is 5.85. The molecule has 1 unspecified atom stereocenters. The molecule has 0 aliphatic rings. The van der Waals surface area contributed by atoms with E-state index in [0.717, 1.165) is 23.5 Å². The molecule has 0 aliphatic heterocycles. The molecule has 5 heteroatoms. The Balaban J connectivity index is 2.15. The van der Waals surface area contributed by atoms with E-state index in [1.807, 2.05) is 36.7 Å². The van der Waals surface area contributed by atoms with Crippen LogP contribution in [0.1, 0.15) is 23.9 Å². The Bertz CT molecular complexity index is 620. The van der Waals surface area contributed by atoms with Gasteiger partial charge in [-0.3, -0.25) is 9.48 Å². The van der Waals surface area contributed by atoms with Crippen molar-refractivity contribution in [3.63, 3.8) is 0 Å². The Morgan fingerprint density at radius 3 is 2.57 bits per heavy atom. The fourth-order valence-electron chi connectivity index (χ4n) is 2.44. The standard InChI is InChI=1S/C16H19ClN2O2/c1-3-19-15(8-11(2)18-19)10-13(16(20)21)9-12-4-6-14(17)7-5-12/h4-8,13H,3,9-10H2,1-2H3,(H,20,21). The zero-order valence-electron chi connectivity index (χ0n) is 12.2. The molecule has 2 aromatic rings. The van der Waals surface area contributed by atoms with Crippen molar-refractivity contribution < 1.29 is 9.90 Å². The number of aryl methyl sites for hydroxylation is 2. The van der Waals surface area contributed by atoms with E-state index in [-0.39, 0.29) is 0 Å². The molecule has 0 aliphatic carbocycles. The largest absolute Gasteiger partial charge is 0.481 e. The number of carboxylic acids is 1. The summed E-state index contributed by atoms with van der Waals surface area (Å²) in [6.07, 6.45) is 0.965. The quantitative estimate of drug-likeness (QED) is 0.890. The third-order valence-corrected chi connectivity index (χ3v) is 3.74. The molecule has 0 bridgehead atoms. The van der Waals surface area contributed by atoms with Crippen LogP contribution in [0, 0.1) is 12.8 Å². The second-order valence-corrected chi connectivity index (χ2v) is 5.60. The van der Waals surface area contributed by atoms with Gasteiger partial charge in [-0.15, -0.1) is 0 Å². The van der Waals surface area contributed by atoms with E-state index in [4.69, 9.17) is 11.6 Å². The number of hydrogen-bond acceptors (Lipinski definition) is 2. The highest BCUT2D eigenvalue weighted by Crippen LogP contribution is 2.18. The molecule has 112 valence electrons. The maximum Gasteiger partial charge on any atom is 0.307 e. The van der Waals surface area contributed by atoms with Gasteiger partial charge in [-0.25, -0.2) is 0 Å². The molecule has 0 saturated heterocycles. The van der Waals surface area contributed by atoms with Gasteiger partial charge in [0.25, 0.3) is 0 Å². The maximum absolute atomic E-state index is 11.5. The molecule has 0 fully saturated rings. The summed E-state index contributed by atoms with van der Waals surface area (Å²) < 4.78 is 1.87. The number of benzene rings is 1. The molecule has 0 spiro atoms. The molecular weight excluding hydrogens is 288 g/mol. The van der Waals surface area contributed by atoms with Crippen LogP contribution in [-0.2, 0) is 24.2 Å². The van der Waals surface area contributed by atoms with Crippen LogP contribution in [0.4, 0.5) is 0 Å². The first-order valence-electron chi connectivity index (χ1n) is 7.00. The van der Waals surface area contributed by atoms with Crippen molar-refractivity contribution >= 4 is 17.6 Å². The van der Waals surface area contributed by atoms with E-state index < -0.39 is 11.9 Å². The lowest BCUT2D eigenvalue weighted by Gasteiger charge is -2.13. The van der Waals surface area contributed by atoms with Crippen molar-refractivity contribution in [2.24, 2.45) is 5.92 Å². The van der Waals surface area contributed by atoms with Crippen LogP contribution in [0.15, 0.2) is 30.3 Å². The van der Waals surface area contributed by atoms with Gasteiger partial charge in [0.15, 0.2) is 0 Å². The molecule has 1 aromatic heterocycles. The number of carboxylic acid groups (broad SMARTS) is 1. The fraction of sp³-hybridized carbons (Fsp3) is 0.375. The van der Waals surface area contributed by atoms with Crippen LogP contribution in [0.3, 0.4) is 0 Å². The number of hydrogen-bond donors (Lipinski definition) is 1. The van der Waals surface area contributed by atoms with Crippen molar-refractivity contribution in [2.45, 2.75) is 33.2 Å². The van der Waals surface area contributed by atoms with E-state index >= 15 is 0 Å². The van der Waals surface area contributed by atoms with E-state index in [9.17, 15) is 9.90 Å². The summed E-state index contributed by atoms with van der Waals surface area (Å²) in [5, 5.41) is 14.5. The van der Waals surface area contributed by atoms with Crippen molar-refractivity contribution in [3.05, 3.63) is 52.3 Å². The van der Waals surface area contributed by atoms with Crippen molar-refractivity contribution in [2.75, 3.05) is 0 Å². The zero-order chi connectivity index (χ0) is 15.4. The molecule has 1 aromatic carbocycles. The minimum Gasteiger partial charge on any atom is -0.481 e. The molecule has 4 nitrogen and oxygen atoms in total. The van der Waals surface area contributed by atoms with Crippen LogP contribution in [0.5, 0.6) is 0 Å². The highest BCUT2D eigenvalue weighted by Gasteiger charge is 2.21. The normalized spacial score (nSPS) is 12.3. The SMILES string of the molecule is CCn1nc(C)cc1CC(Cc1ccc(Cl)cc1)C(=O)O. The lowest BCUT2D eigenvalue weighted by molar-refractivity contribution is -0.141. The predicted molar refractivity (Wildman–Crippen MR) is 82.6 cm³/mol. The van der Waals surface area contributed by atoms with Crippen molar-refractivity contribution in [1.82, 2.24) is 9.78 Å². The van der Waals surface area contributed by atoms with Gasteiger partial charge >= 0.3 is 5.97 Å². The monoisotopic (exact) mass is 306 g/mol. The second kappa shape index (κ2) is 6.76. The number of carbonyl (C=O) groups is 1. The Hall–Kier alpha value is -1.81. The van der Waals surface area contributed by atoms with Gasteiger partial charge < -0.3 is 5.11 Å². The average molecular weight is 307 g/mol. The molecule has 1 N–H and O–H groups in total. The average Bonchev–Trinajstić information content (AvgIpc) is 2.80. The smallest absolute Gasteiger partial charge is 0.307 e. The predicted octanol–water partition coefficient (Wildman–Crippen LogP) is 3.35. The van der Waals surface area contributed by atoms with Gasteiger partial charge in [0, 0.05) is 23.7 Å². The first-order valence-corrected chi connectivity index (χ1v) is 7.38. The lowest BCUT2D eigenvalue weighted by atomic mass is 9.94. The first-order chi connectivity index (χ1) is 9.99. The minimum atomic E-state index is -0.786. The lowest BCUT2D eigenvalue weighted by Crippen LogP contribution is -2.21. The van der Waals surface area contributed by atoms with E-state index in [1.165, 1.54) is 0 Å². The summed E-state index contributed by atoms with van der Waals surface area (Å²) in [4.78, 5) is 11.5. The van der Waals surface area contributed by atoms with Gasteiger partial charge in [-0.1, -0.05) is 23.7 Å². The summed E-state index contributed by atoms with van der Waals surface area (Å²) in [5.41, 5.74) is 2.87. The second-order valence-electron chi connectivity index (χ2n) is 5.16. The molecular formula is C16H19ClN2O2. The number of nitrogens with zero attached hydrogens (tertiary/aromatic N) is 2. The van der Waals surface area contributed by atoms with Gasteiger partial charge in [0.05, 0.1) is 11.6 Å². The molecule has 0 radical (unpaired) electrons. The number of aliphatic carboxylic acids is 1. The highest BCUT2D eigenvalue weighted by atomic mass is 35.5. The van der Waals surface area contributed by atoms with E-state index in [2.05, 4.69) is 5.10 Å². The molecule has 0 amide bonds. The van der Waals surface area contributed by atoms with Crippen LogP contribution in [0.25, 0.3) is 0 Å². The summed E-state index contributed by atoms with van der Waals surface area (Å²) in [6, 6.07) is 9.29. The van der Waals surface area contributed by atoms with Gasteiger partial charge in [0.2, 0.25) is 0 Å². The Morgan fingerprint density at radius 2 is 2.00 bits per heavy atom. The van der Waals surface area contributed by atoms with E-state index in [1.54, 1.807) is 12.1 Å². The van der Waals surface area contributed by atoms with Crippen molar-refractivity contribution in [3.8, 4) is 0 Å². The maximum atomic E-state index is 11.5. The van der Waals surface area contributed by atoms with Crippen LogP contribution in [0.2, 0.25) is 5.02 Å². The molecule has 0 saturated carbocycles. The molecule has 1 heterocycles. The minimum absolute atomic E-state index is 0.465. The topological polar surface area (TPSA) is 55.1 Å². The zero-order valence-corrected chi connectivity index (χ0v) is 13.0. The summed E-state index contributed by atoms with van der Waals surface area (Å²) in [6.45, 7) is 4.67. The van der Waals surface area contributed by atoms with Crippen LogP contribution < -0.4 is 0 Å². The highest BCUT2D eigenvalue weighted by molar-refractivity contribution is 6.30. The van der Waals surface area contributed by atoms with Gasteiger partial charge in [-0.2, -0.15) is 5.10 Å². The molecule has 2 rings (SSSR count). The van der Waals surface area contributed by atoms with Crippen LogP contribution in [-0.4, -0.2) is 20.9 Å². The van der Waals surface area contributed by atoms with E-state index in [0.29, 0.717) is 17.9 Å². The Kier molecular flexibility index (Phi) is 5.02. The first kappa shape index (κ1) is 15.6. The fourth-order valence-corrected chi connectivity index (χ4v) is 2.57. The van der Waals surface area contributed by atoms with Gasteiger partial charge in [0.1, 0.15) is 0 Å². The van der Waals surface area contributed by atoms with Crippen LogP contribution >= 0.6 is 11.6 Å². The van der Waals surface area contributed by atoms with Crippen molar-refractivity contribution in [1.29, 1.82) is 0 Å². The summed E-state index contributed by atoms with van der Waals surface area (Å²) in [5.74, 6) is -1.25. The Morgan fingerprint density at radius 1 is 1.33 bits per heavy atom. The number of aromatic nitrogens is 2. The number of rotatable bonds is 6. The molecule has 21 heavy (non-hydrogen) atoms. The summed E-state index contributed by atoms with van der Waals surface area (Å²) in [7, 11) is 0. The van der Waals surface area contributed by atoms with Gasteiger partial charge in [-0.05, 0) is 44.0 Å². The Labute approximate surface area is 129 Å². The third kappa shape index (κ3) is 4.08. The third-order valence-electron chi connectivity index (χ3n) is 3.49. The number of halogens is 1. The molecule has 1 atom stereocenters.